The molecular formula is C11H13N5O2. The number of rotatable bonds is 5. The van der Waals surface area contributed by atoms with Crippen LogP contribution in [0.3, 0.4) is 0 Å². The van der Waals surface area contributed by atoms with Crippen LogP contribution in [0.25, 0.3) is 0 Å². The average molecular weight is 247 g/mol. The van der Waals surface area contributed by atoms with E-state index in [9.17, 15) is 10.1 Å². The number of nitrogens with one attached hydrogen (secondary N) is 2. The lowest BCUT2D eigenvalue weighted by atomic mass is 10.2. The average Bonchev–Trinajstić information content (AvgIpc) is 2.90. The van der Waals surface area contributed by atoms with Crippen molar-refractivity contribution in [1.82, 2.24) is 15.0 Å². The number of pyridine rings is 1. The van der Waals surface area contributed by atoms with E-state index in [2.05, 4.69) is 20.3 Å². The van der Waals surface area contributed by atoms with Crippen molar-refractivity contribution in [1.29, 1.82) is 0 Å². The molecule has 2 heterocycles. The van der Waals surface area contributed by atoms with E-state index in [0.29, 0.717) is 0 Å². The number of hydrogen-bond acceptors (Lipinski definition) is 5. The molecule has 2 aromatic rings. The van der Waals surface area contributed by atoms with Gasteiger partial charge in [0.25, 0.3) is 0 Å². The number of hydrogen-bond donors (Lipinski definition) is 2. The van der Waals surface area contributed by atoms with Crippen LogP contribution >= 0.6 is 0 Å². The van der Waals surface area contributed by atoms with Gasteiger partial charge >= 0.3 is 5.82 Å². The standard InChI is InChI=1S/C11H13N5O2/c1-2-9(11-12-5-6-13-11)15-8-3-4-10(14-7-8)16(17)18/h3-7,9,15H,2H2,1H3,(H,12,13). The van der Waals surface area contributed by atoms with E-state index in [-0.39, 0.29) is 11.9 Å². The summed E-state index contributed by atoms with van der Waals surface area (Å²) in [6.07, 6.45) is 5.73. The molecule has 2 rings (SSSR count). The molecule has 0 aliphatic heterocycles. The highest BCUT2D eigenvalue weighted by molar-refractivity contribution is 5.44. The Labute approximate surface area is 103 Å². The van der Waals surface area contributed by atoms with Crippen LogP contribution < -0.4 is 5.32 Å². The van der Waals surface area contributed by atoms with Crippen LogP contribution in [0, 0.1) is 10.1 Å². The Morgan fingerprint density at radius 1 is 1.50 bits per heavy atom. The van der Waals surface area contributed by atoms with Gasteiger partial charge in [-0.1, -0.05) is 6.92 Å². The van der Waals surface area contributed by atoms with Gasteiger partial charge in [0.05, 0.1) is 11.7 Å². The first-order valence-corrected chi connectivity index (χ1v) is 5.57. The topological polar surface area (TPSA) is 96.7 Å². The first-order valence-electron chi connectivity index (χ1n) is 5.57. The van der Waals surface area contributed by atoms with E-state index < -0.39 is 4.92 Å². The minimum atomic E-state index is -0.520. The SMILES string of the molecule is CCC(Nc1ccc([N+](=O)[O-])nc1)c1ncc[nH]1. The molecule has 7 heteroatoms. The number of nitro groups is 1. The van der Waals surface area contributed by atoms with Gasteiger partial charge in [-0.2, -0.15) is 0 Å². The molecule has 0 amide bonds. The molecule has 18 heavy (non-hydrogen) atoms. The monoisotopic (exact) mass is 247 g/mol. The van der Waals surface area contributed by atoms with Crippen molar-refractivity contribution >= 4 is 11.5 Å². The zero-order valence-corrected chi connectivity index (χ0v) is 9.83. The predicted octanol–water partition coefficient (Wildman–Crippen LogP) is 2.28. The molecule has 0 aromatic carbocycles. The first-order chi connectivity index (χ1) is 8.70. The van der Waals surface area contributed by atoms with E-state index in [1.807, 2.05) is 6.92 Å². The normalized spacial score (nSPS) is 12.1. The minimum absolute atomic E-state index is 0.0308. The molecule has 0 fully saturated rings. The summed E-state index contributed by atoms with van der Waals surface area (Å²) in [5.41, 5.74) is 0.726. The lowest BCUT2D eigenvalue weighted by molar-refractivity contribution is -0.389. The fourth-order valence-corrected chi connectivity index (χ4v) is 1.61. The maximum atomic E-state index is 10.5. The largest absolute Gasteiger partial charge is 0.372 e. The molecule has 2 aromatic heterocycles. The van der Waals surface area contributed by atoms with Crippen LogP contribution in [-0.4, -0.2) is 19.9 Å². The molecule has 0 aliphatic rings. The van der Waals surface area contributed by atoms with Crippen LogP contribution in [0.1, 0.15) is 25.2 Å². The minimum Gasteiger partial charge on any atom is -0.372 e. The molecule has 0 bridgehead atoms. The van der Waals surface area contributed by atoms with Gasteiger partial charge < -0.3 is 20.4 Å². The van der Waals surface area contributed by atoms with Crippen molar-refractivity contribution in [2.45, 2.75) is 19.4 Å². The maximum absolute atomic E-state index is 10.5. The number of anilines is 1. The highest BCUT2D eigenvalue weighted by Gasteiger charge is 2.13. The predicted molar refractivity (Wildman–Crippen MR) is 66.1 cm³/mol. The van der Waals surface area contributed by atoms with Gasteiger partial charge in [0.2, 0.25) is 0 Å². The molecule has 2 N–H and O–H groups in total. The van der Waals surface area contributed by atoms with E-state index in [0.717, 1.165) is 17.9 Å². The van der Waals surface area contributed by atoms with Crippen LogP contribution in [-0.2, 0) is 0 Å². The van der Waals surface area contributed by atoms with E-state index >= 15 is 0 Å². The molecule has 0 saturated heterocycles. The zero-order valence-electron chi connectivity index (χ0n) is 9.83. The van der Waals surface area contributed by atoms with Gasteiger partial charge in [-0.3, -0.25) is 0 Å². The van der Waals surface area contributed by atoms with Crippen LogP contribution in [0.15, 0.2) is 30.7 Å². The third kappa shape index (κ3) is 2.62. The van der Waals surface area contributed by atoms with Crippen molar-refractivity contribution in [3.63, 3.8) is 0 Å². The summed E-state index contributed by atoms with van der Waals surface area (Å²) >= 11 is 0. The summed E-state index contributed by atoms with van der Waals surface area (Å²) in [5.74, 6) is 0.669. The van der Waals surface area contributed by atoms with Crippen molar-refractivity contribution in [3.8, 4) is 0 Å². The van der Waals surface area contributed by atoms with Gasteiger partial charge in [0.15, 0.2) is 6.20 Å². The van der Waals surface area contributed by atoms with Crippen molar-refractivity contribution in [3.05, 3.63) is 46.7 Å². The molecule has 0 radical (unpaired) electrons. The third-order valence-corrected chi connectivity index (χ3v) is 2.53. The number of H-pyrrole nitrogens is 1. The Balaban J connectivity index is 2.10. The number of nitrogens with zero attached hydrogens (tertiary/aromatic N) is 3. The van der Waals surface area contributed by atoms with E-state index in [1.54, 1.807) is 18.5 Å². The third-order valence-electron chi connectivity index (χ3n) is 2.53. The van der Waals surface area contributed by atoms with Gasteiger partial charge in [0, 0.05) is 18.5 Å². The highest BCUT2D eigenvalue weighted by atomic mass is 16.6. The summed E-state index contributed by atoms with van der Waals surface area (Å²) in [6, 6.07) is 3.04. The molecule has 1 unspecified atom stereocenters. The number of aromatic amines is 1. The lowest BCUT2D eigenvalue weighted by Crippen LogP contribution is -2.11. The molecular weight excluding hydrogens is 234 g/mol. The second-order valence-corrected chi connectivity index (χ2v) is 3.74. The molecule has 0 spiro atoms. The molecule has 1 atom stereocenters. The van der Waals surface area contributed by atoms with Crippen LogP contribution in [0.2, 0.25) is 0 Å². The maximum Gasteiger partial charge on any atom is 0.363 e. The van der Waals surface area contributed by atoms with Crippen molar-refractivity contribution in [2.75, 3.05) is 5.32 Å². The summed E-state index contributed by atoms with van der Waals surface area (Å²) in [6.45, 7) is 2.03. The smallest absolute Gasteiger partial charge is 0.363 e. The first kappa shape index (κ1) is 12.0. The quantitative estimate of drug-likeness (QED) is 0.624. The van der Waals surface area contributed by atoms with Gasteiger partial charge in [-0.25, -0.2) is 4.98 Å². The van der Waals surface area contributed by atoms with Gasteiger partial charge in [-0.15, -0.1) is 0 Å². The number of aromatic nitrogens is 3. The zero-order chi connectivity index (χ0) is 13.0. The second-order valence-electron chi connectivity index (χ2n) is 3.74. The fourth-order valence-electron chi connectivity index (χ4n) is 1.61. The van der Waals surface area contributed by atoms with Crippen LogP contribution in [0.5, 0.6) is 0 Å². The highest BCUT2D eigenvalue weighted by Crippen LogP contribution is 2.20. The summed E-state index contributed by atoms with van der Waals surface area (Å²) < 4.78 is 0. The lowest BCUT2D eigenvalue weighted by Gasteiger charge is -2.14. The molecule has 7 nitrogen and oxygen atoms in total. The van der Waals surface area contributed by atoms with Gasteiger partial charge in [0.1, 0.15) is 5.82 Å². The number of imidazole rings is 1. The Kier molecular flexibility index (Phi) is 3.52. The Morgan fingerprint density at radius 2 is 2.33 bits per heavy atom. The molecule has 94 valence electrons. The van der Waals surface area contributed by atoms with Crippen molar-refractivity contribution < 1.29 is 4.92 Å². The second kappa shape index (κ2) is 5.26. The Morgan fingerprint density at radius 3 is 2.83 bits per heavy atom. The summed E-state index contributed by atoms with van der Waals surface area (Å²) in [5, 5.41) is 13.7. The van der Waals surface area contributed by atoms with Crippen LogP contribution in [0.4, 0.5) is 11.5 Å². The van der Waals surface area contributed by atoms with Gasteiger partial charge in [-0.05, 0) is 22.4 Å². The van der Waals surface area contributed by atoms with E-state index in [1.165, 1.54) is 12.3 Å². The molecule has 0 aliphatic carbocycles. The van der Waals surface area contributed by atoms with Crippen molar-refractivity contribution in [2.24, 2.45) is 0 Å². The Bertz CT molecular complexity index is 509. The summed E-state index contributed by atoms with van der Waals surface area (Å²) in [4.78, 5) is 20.9. The molecule has 0 saturated carbocycles. The Hall–Kier alpha value is -2.44. The summed E-state index contributed by atoms with van der Waals surface area (Å²) in [7, 11) is 0. The fraction of sp³-hybridized carbons (Fsp3) is 0.273. The van der Waals surface area contributed by atoms with E-state index in [4.69, 9.17) is 0 Å².